The SMILES string of the molecule is C=C1C=CC(n2ccc(C(C)C)n2)=CN1C(F)F.CC(C)c1cccc(C(C)(C)O)n1.CC(C)c1cccc(C(F)(F)F)n1.CC(C)c1ccn(-c2cccnc2)n1.Cc1cc(-n2ccc(C(C)C)n2)cnn1.Cc1cc(-n2ccc(C(C)C)n2)cnn1. The predicted octanol–water partition coefficient (Wildman–Crippen LogP) is 15.6. The molecule has 468 valence electrons. The van der Waals surface area contributed by atoms with Crippen LogP contribution in [-0.4, -0.2) is 91.0 Å². The van der Waals surface area contributed by atoms with Crippen LogP contribution in [0.5, 0.6) is 0 Å². The van der Waals surface area contributed by atoms with E-state index >= 15 is 0 Å². The van der Waals surface area contributed by atoms with Gasteiger partial charge in [-0.25, -0.2) is 23.7 Å². The molecule has 0 amide bonds. The highest BCUT2D eigenvalue weighted by Gasteiger charge is 2.32. The number of alkyl halides is 5. The number of rotatable bonds is 12. The number of nitrogens with zero attached hydrogens (tertiary/aromatic N) is 16. The summed E-state index contributed by atoms with van der Waals surface area (Å²) in [7, 11) is 0. The highest BCUT2D eigenvalue weighted by molar-refractivity contribution is 5.60. The lowest BCUT2D eigenvalue weighted by molar-refractivity contribution is -0.141. The van der Waals surface area contributed by atoms with E-state index in [1.807, 2.05) is 141 Å². The zero-order chi connectivity index (χ0) is 65.0. The summed E-state index contributed by atoms with van der Waals surface area (Å²) in [6, 6.07) is 25.5. The van der Waals surface area contributed by atoms with Crippen LogP contribution >= 0.6 is 0 Å². The van der Waals surface area contributed by atoms with E-state index in [0.29, 0.717) is 41.0 Å². The maximum Gasteiger partial charge on any atom is 0.433 e. The van der Waals surface area contributed by atoms with Gasteiger partial charge in [0.05, 0.1) is 81.2 Å². The molecule has 22 heteroatoms. The molecule has 0 radical (unpaired) electrons. The van der Waals surface area contributed by atoms with E-state index in [4.69, 9.17) is 0 Å². The van der Waals surface area contributed by atoms with Crippen molar-refractivity contribution in [3.63, 3.8) is 0 Å². The third-order valence-electron chi connectivity index (χ3n) is 12.9. The van der Waals surface area contributed by atoms with Gasteiger partial charge in [-0.3, -0.25) is 14.9 Å². The molecule has 88 heavy (non-hydrogen) atoms. The lowest BCUT2D eigenvalue weighted by Crippen LogP contribution is -2.24. The molecule has 1 aliphatic heterocycles. The van der Waals surface area contributed by atoms with Gasteiger partial charge in [0, 0.05) is 54.3 Å². The van der Waals surface area contributed by atoms with Gasteiger partial charge < -0.3 is 5.11 Å². The second kappa shape index (κ2) is 32.2. The van der Waals surface area contributed by atoms with Gasteiger partial charge in [0.1, 0.15) is 11.3 Å². The van der Waals surface area contributed by atoms with Crippen molar-refractivity contribution in [2.75, 3.05) is 0 Å². The van der Waals surface area contributed by atoms with E-state index < -0.39 is 24.0 Å². The molecule has 0 bridgehead atoms. The summed E-state index contributed by atoms with van der Waals surface area (Å²) in [5, 5.41) is 43.1. The first-order valence-corrected chi connectivity index (χ1v) is 29.0. The van der Waals surface area contributed by atoms with E-state index in [-0.39, 0.29) is 11.6 Å². The van der Waals surface area contributed by atoms with Crippen molar-refractivity contribution in [2.24, 2.45) is 0 Å². The summed E-state index contributed by atoms with van der Waals surface area (Å²) in [5.74, 6) is 2.09. The molecule has 9 aromatic heterocycles. The minimum atomic E-state index is -4.34. The minimum absolute atomic E-state index is 0.0160. The zero-order valence-corrected chi connectivity index (χ0v) is 53.2. The number of aryl methyl sites for hydroxylation is 2. The molecule has 0 atom stereocenters. The largest absolute Gasteiger partial charge is 0.433 e. The predicted molar refractivity (Wildman–Crippen MR) is 335 cm³/mol. The fourth-order valence-electron chi connectivity index (χ4n) is 7.72. The molecule has 9 aromatic rings. The summed E-state index contributed by atoms with van der Waals surface area (Å²) in [5.41, 5.74) is 10.3. The Morgan fingerprint density at radius 3 is 1.24 bits per heavy atom. The van der Waals surface area contributed by atoms with Crippen molar-refractivity contribution < 1.29 is 27.1 Å². The summed E-state index contributed by atoms with van der Waals surface area (Å²) in [4.78, 5) is 12.8. The summed E-state index contributed by atoms with van der Waals surface area (Å²) in [6.45, 7) is 33.0. The van der Waals surface area contributed by atoms with Gasteiger partial charge in [-0.1, -0.05) is 102 Å². The first kappa shape index (κ1) is 69.8. The number of halogens is 5. The minimum Gasteiger partial charge on any atom is -0.384 e. The van der Waals surface area contributed by atoms with E-state index in [2.05, 4.69) is 118 Å². The molecular formula is C66H83F5N16O. The molecular weight excluding hydrogens is 1130 g/mol. The van der Waals surface area contributed by atoms with Gasteiger partial charge in [-0.2, -0.15) is 62.7 Å². The highest BCUT2D eigenvalue weighted by atomic mass is 19.4. The van der Waals surface area contributed by atoms with Crippen LogP contribution in [0.1, 0.15) is 189 Å². The quantitative estimate of drug-likeness (QED) is 0.0901. The van der Waals surface area contributed by atoms with Crippen molar-refractivity contribution in [1.29, 1.82) is 0 Å². The fraction of sp³-hybridized carbons (Fsp3) is 0.379. The molecule has 0 unspecified atom stereocenters. The van der Waals surface area contributed by atoms with Crippen molar-refractivity contribution in [3.8, 4) is 17.1 Å². The van der Waals surface area contributed by atoms with Crippen LogP contribution < -0.4 is 0 Å². The van der Waals surface area contributed by atoms with Gasteiger partial charge in [0.2, 0.25) is 0 Å². The van der Waals surface area contributed by atoms with Crippen LogP contribution in [0.15, 0.2) is 165 Å². The van der Waals surface area contributed by atoms with Crippen LogP contribution in [0.4, 0.5) is 22.0 Å². The van der Waals surface area contributed by atoms with Crippen molar-refractivity contribution in [3.05, 3.63) is 222 Å². The van der Waals surface area contributed by atoms with Gasteiger partial charge in [-0.05, 0) is 148 Å². The lowest BCUT2D eigenvalue weighted by atomic mass is 10.0. The Balaban J connectivity index is 0.000000193. The Labute approximate surface area is 513 Å². The van der Waals surface area contributed by atoms with Crippen LogP contribution in [0, 0.1) is 13.8 Å². The molecule has 0 fully saturated rings. The summed E-state index contributed by atoms with van der Waals surface area (Å²) < 4.78 is 69.1. The molecule has 17 nitrogen and oxygen atoms in total. The van der Waals surface area contributed by atoms with E-state index in [1.54, 1.807) is 67.7 Å². The van der Waals surface area contributed by atoms with Crippen molar-refractivity contribution in [1.82, 2.24) is 79.4 Å². The molecule has 1 N–H and O–H groups in total. The molecule has 0 aliphatic carbocycles. The van der Waals surface area contributed by atoms with Gasteiger partial charge >= 0.3 is 12.7 Å². The monoisotopic (exact) mass is 1210 g/mol. The Kier molecular flexibility index (Phi) is 25.5. The number of hydrogen-bond acceptors (Lipinski definition) is 13. The molecule has 0 saturated heterocycles. The molecule has 1 aliphatic rings. The third kappa shape index (κ3) is 21.5. The normalized spacial score (nSPS) is 12.3. The smallest absolute Gasteiger partial charge is 0.384 e. The van der Waals surface area contributed by atoms with Crippen LogP contribution in [0.25, 0.3) is 22.8 Å². The molecule has 0 saturated carbocycles. The van der Waals surface area contributed by atoms with Crippen LogP contribution in [-0.2, 0) is 11.8 Å². The Morgan fingerprint density at radius 1 is 0.477 bits per heavy atom. The molecule has 10 heterocycles. The summed E-state index contributed by atoms with van der Waals surface area (Å²) >= 11 is 0. The van der Waals surface area contributed by atoms with Gasteiger partial charge in [0.25, 0.3) is 0 Å². The van der Waals surface area contributed by atoms with Gasteiger partial charge in [0.15, 0.2) is 0 Å². The second-order valence-electron chi connectivity index (χ2n) is 23.0. The molecule has 0 aromatic carbocycles. The summed E-state index contributed by atoms with van der Waals surface area (Å²) in [6.07, 6.45) is 14.9. The number of aliphatic hydroxyl groups is 1. The number of aromatic nitrogens is 15. The standard InChI is InChI=1S/C13H15F2N3.2C11H14N4.C11H13N3.C11H17NO.C9H10F3N/c1-9(2)12-6-7-18(16-12)11-5-4-10(3)17(8-11)13(14)15;2*1-8(2)11-4-5-15(14-11)10-6-9(3)13-12-7-10;1-9(2)11-5-7-14(13-11)10-4-3-6-12-8-10;1-8(2)9-6-5-7-10(12-9)11(3,4)13;1-6(2)7-4-3-5-8(13-7)9(10,11)12/h4-9,13H,3H2,1-2H3;2*4-8H,1-3H3;3-9H,1-2H3;5-8,13H,1-4H3;3-6H,1-2H3. The second-order valence-corrected chi connectivity index (χ2v) is 23.0. The Hall–Kier alpha value is -8.92. The fourth-order valence-corrected chi connectivity index (χ4v) is 7.72. The first-order chi connectivity index (χ1) is 41.4. The lowest BCUT2D eigenvalue weighted by Gasteiger charge is -2.23. The van der Waals surface area contributed by atoms with Crippen molar-refractivity contribution >= 4 is 5.70 Å². The van der Waals surface area contributed by atoms with E-state index in [0.717, 1.165) is 73.6 Å². The Morgan fingerprint density at radius 2 is 0.875 bits per heavy atom. The number of hydrogen-bond donors (Lipinski definition) is 1. The number of allylic oxidation sites excluding steroid dienone is 3. The van der Waals surface area contributed by atoms with Gasteiger partial charge in [-0.15, -0.1) is 0 Å². The zero-order valence-electron chi connectivity index (χ0n) is 53.2. The molecule has 10 rings (SSSR count). The average molecular weight is 1210 g/mol. The van der Waals surface area contributed by atoms with Crippen LogP contribution in [0.2, 0.25) is 0 Å². The first-order valence-electron chi connectivity index (χ1n) is 29.0. The highest BCUT2D eigenvalue weighted by Crippen LogP contribution is 2.29. The maximum atomic E-state index is 12.8. The van der Waals surface area contributed by atoms with Crippen LogP contribution in [0.3, 0.4) is 0 Å². The Bertz CT molecular complexity index is 3490. The maximum absolute atomic E-state index is 12.8. The third-order valence-corrected chi connectivity index (χ3v) is 12.9. The van der Waals surface area contributed by atoms with E-state index in [9.17, 15) is 27.1 Å². The number of pyridine rings is 3. The molecule has 0 spiro atoms. The average Bonchev–Trinajstić information content (AvgIpc) is 3.00. The topological polar surface area (TPSA) is 185 Å². The van der Waals surface area contributed by atoms with E-state index in [1.165, 1.54) is 12.3 Å². The van der Waals surface area contributed by atoms with Crippen molar-refractivity contribution in [2.45, 2.75) is 165 Å².